The number of aromatic nitrogens is 1. The maximum atomic E-state index is 5.80. The van der Waals surface area contributed by atoms with Crippen LogP contribution in [0.2, 0.25) is 0 Å². The quantitative estimate of drug-likeness (QED) is 0.213. The number of methoxy groups -OCH3 is 1. The molecule has 1 unspecified atom stereocenters. The van der Waals surface area contributed by atoms with Crippen molar-refractivity contribution in [3.05, 3.63) is 80.9 Å². The van der Waals surface area contributed by atoms with Gasteiger partial charge in [-0.3, -0.25) is 9.88 Å². The molecule has 4 aromatic rings. The van der Waals surface area contributed by atoms with Gasteiger partial charge in [0.15, 0.2) is 0 Å². The van der Waals surface area contributed by atoms with E-state index in [4.69, 9.17) is 29.2 Å². The zero-order valence-electron chi connectivity index (χ0n) is 21.9. The van der Waals surface area contributed by atoms with Crippen LogP contribution < -0.4 is 15.4 Å². The molecule has 38 heavy (non-hydrogen) atoms. The molecule has 7 heteroatoms. The predicted octanol–water partition coefficient (Wildman–Crippen LogP) is 7.46. The predicted molar refractivity (Wildman–Crippen MR) is 161 cm³/mol. The lowest BCUT2D eigenvalue weighted by Crippen LogP contribution is -2.56. The van der Waals surface area contributed by atoms with Gasteiger partial charge < -0.3 is 15.4 Å². The number of anilines is 2. The minimum absolute atomic E-state index is 0.0535. The molecule has 7 rings (SSSR count). The molecule has 3 saturated heterocycles. The molecule has 3 aromatic carbocycles. The van der Waals surface area contributed by atoms with E-state index in [9.17, 15) is 0 Å². The zero-order valence-corrected chi connectivity index (χ0v) is 23.6. The third-order valence-electron chi connectivity index (χ3n) is 8.69. The van der Waals surface area contributed by atoms with Gasteiger partial charge in [0.05, 0.1) is 39.1 Å². The monoisotopic (exact) mass is 542 g/mol. The van der Waals surface area contributed by atoms with Crippen molar-refractivity contribution in [2.45, 2.75) is 44.8 Å². The van der Waals surface area contributed by atoms with E-state index in [2.05, 4.69) is 63.8 Å². The summed E-state index contributed by atoms with van der Waals surface area (Å²) in [6.07, 6.45) is 5.65. The van der Waals surface area contributed by atoms with E-state index in [0.29, 0.717) is 12.6 Å². The van der Waals surface area contributed by atoms with Gasteiger partial charge in [-0.1, -0.05) is 68.1 Å². The van der Waals surface area contributed by atoms with Gasteiger partial charge in [-0.05, 0) is 66.6 Å². The highest BCUT2D eigenvalue weighted by Gasteiger charge is 2.43. The molecule has 1 aromatic heterocycles. The molecule has 0 saturated carbocycles. The molecule has 3 fully saturated rings. The third kappa shape index (κ3) is 4.61. The van der Waals surface area contributed by atoms with Crippen LogP contribution in [0.15, 0.2) is 60.8 Å². The highest BCUT2D eigenvalue weighted by Crippen LogP contribution is 2.45. The topological polar surface area (TPSA) is 49.4 Å². The van der Waals surface area contributed by atoms with Gasteiger partial charge >= 0.3 is 0 Å². The van der Waals surface area contributed by atoms with Crippen molar-refractivity contribution in [2.24, 2.45) is 11.8 Å². The van der Waals surface area contributed by atoms with Gasteiger partial charge in [0.2, 0.25) is 0 Å². The molecule has 0 radical (unpaired) electrons. The number of fused-ring (bicyclic) bond motifs is 4. The summed E-state index contributed by atoms with van der Waals surface area (Å²) in [5.74, 6) is 2.39. The lowest BCUT2D eigenvalue weighted by Gasteiger charge is -2.52. The standard InChI is InChI=1S/C31H34N4OS2/c1-3-20-18-35-14-12-21(20)15-26(35)27(23-11-13-32-25-10-9-22(36-2)16-24(23)25)34-29-28(30(37)31(29)38)33-17-19-7-5-4-6-8-19/h4-11,13,16,20-21,26-27,33-34H,3,12,14-15,17-18H2,1-2H3/t20-,21-,26-,27-/m0/s1. The maximum absolute atomic E-state index is 5.80. The average molecular weight is 543 g/mol. The first-order chi connectivity index (χ1) is 18.6. The molecule has 3 aliphatic rings. The van der Waals surface area contributed by atoms with Crippen molar-refractivity contribution >= 4 is 46.7 Å². The van der Waals surface area contributed by atoms with Crippen LogP contribution in [0, 0.1) is 20.9 Å². The number of nitrogens with zero attached hydrogens (tertiary/aromatic N) is 2. The molecule has 5 nitrogen and oxygen atoms in total. The number of ether oxygens (including phenoxy) is 1. The van der Waals surface area contributed by atoms with Crippen LogP contribution in [0.25, 0.3) is 10.9 Å². The SMILES string of the molecule is CC[C@H]1CN2CC[C@H]1C[C@H]2[C@@H](Nc1c(NCc2ccccc2)c(=S)c1=S)c1ccnc2ccc(OC)cc12. The Morgan fingerprint density at radius 3 is 2.63 bits per heavy atom. The number of hydrogen-bond donors (Lipinski definition) is 2. The normalized spacial score (nSPS) is 23.4. The minimum atomic E-state index is 0.0535. The van der Waals surface area contributed by atoms with E-state index >= 15 is 0 Å². The van der Waals surface area contributed by atoms with Gasteiger partial charge in [-0.15, -0.1) is 0 Å². The number of benzene rings is 2. The number of nitrogens with one attached hydrogen (secondary N) is 2. The van der Waals surface area contributed by atoms with Crippen LogP contribution >= 0.6 is 24.4 Å². The summed E-state index contributed by atoms with van der Waals surface area (Å²) < 4.78 is 7.09. The fourth-order valence-electron chi connectivity index (χ4n) is 6.55. The van der Waals surface area contributed by atoms with Crippen LogP contribution in [-0.4, -0.2) is 36.1 Å². The Kier molecular flexibility index (Phi) is 7.16. The van der Waals surface area contributed by atoms with Crippen LogP contribution in [0.5, 0.6) is 5.75 Å². The molecule has 3 aliphatic heterocycles. The van der Waals surface area contributed by atoms with Crippen molar-refractivity contribution in [1.82, 2.24) is 9.88 Å². The van der Waals surface area contributed by atoms with E-state index in [-0.39, 0.29) is 6.04 Å². The fraction of sp³-hybridized carbons (Fsp3) is 0.387. The van der Waals surface area contributed by atoms with E-state index in [1.54, 1.807) is 7.11 Å². The Bertz CT molecular complexity index is 1510. The zero-order chi connectivity index (χ0) is 26.2. The molecule has 0 amide bonds. The van der Waals surface area contributed by atoms with E-state index in [1.807, 2.05) is 24.4 Å². The van der Waals surface area contributed by atoms with Gasteiger partial charge in [0, 0.05) is 30.7 Å². The van der Waals surface area contributed by atoms with Crippen LogP contribution in [-0.2, 0) is 6.54 Å². The van der Waals surface area contributed by atoms with Crippen molar-refractivity contribution in [1.29, 1.82) is 0 Å². The van der Waals surface area contributed by atoms with Gasteiger partial charge in [0.25, 0.3) is 0 Å². The Morgan fingerprint density at radius 1 is 1.08 bits per heavy atom. The van der Waals surface area contributed by atoms with Gasteiger partial charge in [-0.25, -0.2) is 0 Å². The van der Waals surface area contributed by atoms with E-state index in [1.165, 1.54) is 30.4 Å². The minimum Gasteiger partial charge on any atom is -0.497 e. The highest BCUT2D eigenvalue weighted by molar-refractivity contribution is 7.74. The molecule has 2 N–H and O–H groups in total. The molecule has 0 spiro atoms. The first kappa shape index (κ1) is 25.4. The summed E-state index contributed by atoms with van der Waals surface area (Å²) in [6.45, 7) is 5.36. The highest BCUT2D eigenvalue weighted by atomic mass is 32.1. The van der Waals surface area contributed by atoms with Crippen LogP contribution in [0.3, 0.4) is 0 Å². The summed E-state index contributed by atoms with van der Waals surface area (Å²) in [6, 6.07) is 19.1. The third-order valence-corrected chi connectivity index (χ3v) is 9.63. The Labute approximate surface area is 234 Å². The molecule has 5 atom stereocenters. The van der Waals surface area contributed by atoms with Crippen molar-refractivity contribution in [2.75, 3.05) is 30.8 Å². The van der Waals surface area contributed by atoms with Crippen molar-refractivity contribution < 1.29 is 4.74 Å². The van der Waals surface area contributed by atoms with Crippen molar-refractivity contribution in [3.8, 4) is 5.75 Å². The molecule has 2 bridgehead atoms. The average Bonchev–Trinajstić information content (AvgIpc) is 2.98. The van der Waals surface area contributed by atoms with Gasteiger partial charge in [0.1, 0.15) is 5.75 Å². The van der Waals surface area contributed by atoms with E-state index in [0.717, 1.165) is 62.0 Å². The molecule has 196 valence electrons. The number of pyridine rings is 1. The molecular formula is C31H34N4OS2. The second-order valence-electron chi connectivity index (χ2n) is 10.7. The second-order valence-corrected chi connectivity index (χ2v) is 11.5. The molecular weight excluding hydrogens is 509 g/mol. The first-order valence-corrected chi connectivity index (χ1v) is 14.4. The van der Waals surface area contributed by atoms with Crippen LogP contribution in [0.1, 0.15) is 43.4 Å². The number of piperidine rings is 3. The Hall–Kier alpha value is -2.87. The molecule has 4 heterocycles. The summed E-state index contributed by atoms with van der Waals surface area (Å²) in [4.78, 5) is 7.37. The maximum Gasteiger partial charge on any atom is 0.119 e. The number of hydrogen-bond acceptors (Lipinski definition) is 7. The van der Waals surface area contributed by atoms with Crippen molar-refractivity contribution in [3.63, 3.8) is 0 Å². The summed E-state index contributed by atoms with van der Waals surface area (Å²) >= 11 is 11.5. The Morgan fingerprint density at radius 2 is 1.89 bits per heavy atom. The lowest BCUT2D eigenvalue weighted by molar-refractivity contribution is -0.00781. The van der Waals surface area contributed by atoms with Crippen LogP contribution in [0.4, 0.5) is 11.4 Å². The fourth-order valence-corrected chi connectivity index (χ4v) is 7.09. The summed E-state index contributed by atoms with van der Waals surface area (Å²) in [5, 5.41) is 8.62. The number of rotatable bonds is 9. The smallest absolute Gasteiger partial charge is 0.119 e. The molecule has 0 aliphatic carbocycles. The summed E-state index contributed by atoms with van der Waals surface area (Å²) in [7, 11) is 1.72. The second kappa shape index (κ2) is 10.7. The lowest BCUT2D eigenvalue weighted by atomic mass is 9.72. The Balaban J connectivity index is 1.39. The first-order valence-electron chi connectivity index (χ1n) is 13.6. The largest absolute Gasteiger partial charge is 0.497 e. The summed E-state index contributed by atoms with van der Waals surface area (Å²) in [5.41, 5.74) is 5.34. The van der Waals surface area contributed by atoms with E-state index < -0.39 is 0 Å². The van der Waals surface area contributed by atoms with Gasteiger partial charge in [-0.2, -0.15) is 0 Å².